The molecular formula is C13H16BrFN2O. The molecule has 0 bridgehead atoms. The van der Waals surface area contributed by atoms with Gasteiger partial charge >= 0.3 is 0 Å². The maximum atomic E-state index is 13.9. The van der Waals surface area contributed by atoms with Crippen LogP contribution in [-0.4, -0.2) is 31.1 Å². The average Bonchev–Trinajstić information content (AvgIpc) is 2.31. The first kappa shape index (κ1) is 14.9. The fraction of sp³-hybridized carbons (Fsp3) is 0.462. The molecule has 0 radical (unpaired) electrons. The van der Waals surface area contributed by atoms with Crippen molar-refractivity contribution in [2.75, 3.05) is 20.7 Å². The first-order chi connectivity index (χ1) is 8.29. The second-order valence-electron chi connectivity index (χ2n) is 4.85. The van der Waals surface area contributed by atoms with Crippen LogP contribution in [-0.2, 0) is 0 Å². The molecule has 18 heavy (non-hydrogen) atoms. The maximum Gasteiger partial charge on any atom is 0.180 e. The van der Waals surface area contributed by atoms with Crippen LogP contribution >= 0.6 is 15.9 Å². The van der Waals surface area contributed by atoms with E-state index < -0.39 is 5.82 Å². The molecule has 0 saturated carbocycles. The summed E-state index contributed by atoms with van der Waals surface area (Å²) in [4.78, 5) is 2.00. The van der Waals surface area contributed by atoms with E-state index >= 15 is 0 Å². The number of halogens is 2. The Kier molecular flexibility index (Phi) is 4.71. The standard InChI is InChI=1S/C13H16BrFN2O/c1-13(2,17(3)4)8-18-10-6-5-9(7-16)11(14)12(10)15/h5-6H,8H2,1-4H3. The summed E-state index contributed by atoms with van der Waals surface area (Å²) < 4.78 is 19.5. The van der Waals surface area contributed by atoms with Gasteiger partial charge in [-0.2, -0.15) is 5.26 Å². The van der Waals surface area contributed by atoms with Crippen molar-refractivity contribution in [1.29, 1.82) is 5.26 Å². The molecule has 0 heterocycles. The molecule has 5 heteroatoms. The Morgan fingerprint density at radius 2 is 2.06 bits per heavy atom. The Morgan fingerprint density at radius 3 is 2.56 bits per heavy atom. The van der Waals surface area contributed by atoms with E-state index in [2.05, 4.69) is 15.9 Å². The van der Waals surface area contributed by atoms with Crippen LogP contribution < -0.4 is 4.74 Å². The monoisotopic (exact) mass is 314 g/mol. The van der Waals surface area contributed by atoms with Crippen LogP contribution in [0.3, 0.4) is 0 Å². The number of rotatable bonds is 4. The van der Waals surface area contributed by atoms with Crippen LogP contribution in [0.2, 0.25) is 0 Å². The Morgan fingerprint density at radius 1 is 1.44 bits per heavy atom. The lowest BCUT2D eigenvalue weighted by Crippen LogP contribution is -2.43. The molecule has 0 aliphatic heterocycles. The van der Waals surface area contributed by atoms with Crippen molar-refractivity contribution < 1.29 is 9.13 Å². The highest BCUT2D eigenvalue weighted by atomic mass is 79.9. The Hall–Kier alpha value is -1.12. The van der Waals surface area contributed by atoms with Gasteiger partial charge in [-0.3, -0.25) is 0 Å². The van der Waals surface area contributed by atoms with E-state index in [0.717, 1.165) is 0 Å². The number of benzene rings is 1. The molecule has 1 aromatic carbocycles. The van der Waals surface area contributed by atoms with Crippen molar-refractivity contribution in [2.24, 2.45) is 0 Å². The molecule has 0 aliphatic carbocycles. The molecule has 0 unspecified atom stereocenters. The number of ether oxygens (including phenoxy) is 1. The molecule has 98 valence electrons. The van der Waals surface area contributed by atoms with Gasteiger partial charge in [0.1, 0.15) is 12.7 Å². The zero-order chi connectivity index (χ0) is 13.9. The lowest BCUT2D eigenvalue weighted by Gasteiger charge is -2.32. The van der Waals surface area contributed by atoms with E-state index in [1.165, 1.54) is 12.1 Å². The van der Waals surface area contributed by atoms with Crippen molar-refractivity contribution in [3.63, 3.8) is 0 Å². The number of hydrogen-bond acceptors (Lipinski definition) is 3. The molecule has 1 aromatic rings. The summed E-state index contributed by atoms with van der Waals surface area (Å²) in [6, 6.07) is 4.91. The zero-order valence-electron chi connectivity index (χ0n) is 10.9. The number of nitrogens with zero attached hydrogens (tertiary/aromatic N) is 2. The molecule has 1 rings (SSSR count). The summed E-state index contributed by atoms with van der Waals surface area (Å²) in [5.74, 6) is -0.389. The lowest BCUT2D eigenvalue weighted by molar-refractivity contribution is 0.111. The van der Waals surface area contributed by atoms with Crippen molar-refractivity contribution in [2.45, 2.75) is 19.4 Å². The van der Waals surface area contributed by atoms with E-state index in [9.17, 15) is 4.39 Å². The third-order valence-electron chi connectivity index (χ3n) is 2.96. The topological polar surface area (TPSA) is 36.3 Å². The number of nitriles is 1. The fourth-order valence-corrected chi connectivity index (χ4v) is 1.53. The van der Waals surface area contributed by atoms with Gasteiger partial charge in [-0.1, -0.05) is 0 Å². The quantitative estimate of drug-likeness (QED) is 0.856. The summed E-state index contributed by atoms with van der Waals surface area (Å²) >= 11 is 3.05. The van der Waals surface area contributed by atoms with Crippen molar-refractivity contribution in [3.8, 4) is 11.8 Å². The molecule has 0 amide bonds. The van der Waals surface area contributed by atoms with E-state index in [-0.39, 0.29) is 21.3 Å². The third kappa shape index (κ3) is 3.21. The first-order valence-electron chi connectivity index (χ1n) is 5.48. The predicted octanol–water partition coefficient (Wildman–Crippen LogP) is 3.18. The van der Waals surface area contributed by atoms with Crippen LogP contribution in [0.25, 0.3) is 0 Å². The minimum atomic E-state index is -0.538. The molecule has 3 nitrogen and oxygen atoms in total. The minimum absolute atomic E-state index is 0.144. The highest BCUT2D eigenvalue weighted by Gasteiger charge is 2.22. The molecule has 0 aliphatic rings. The average molecular weight is 315 g/mol. The van der Waals surface area contributed by atoms with Crippen LogP contribution in [0, 0.1) is 17.1 Å². The van der Waals surface area contributed by atoms with Crippen LogP contribution in [0.15, 0.2) is 16.6 Å². The highest BCUT2D eigenvalue weighted by molar-refractivity contribution is 9.10. The van der Waals surface area contributed by atoms with Crippen molar-refractivity contribution >= 4 is 15.9 Å². The van der Waals surface area contributed by atoms with Gasteiger partial charge in [0.15, 0.2) is 11.6 Å². The van der Waals surface area contributed by atoms with Gasteiger partial charge in [0.2, 0.25) is 0 Å². The largest absolute Gasteiger partial charge is 0.489 e. The van der Waals surface area contributed by atoms with E-state index in [1.54, 1.807) is 0 Å². The Balaban J connectivity index is 2.88. The summed E-state index contributed by atoms with van der Waals surface area (Å²) in [5, 5.41) is 8.77. The number of hydrogen-bond donors (Lipinski definition) is 0. The van der Waals surface area contributed by atoms with Gasteiger partial charge < -0.3 is 9.64 Å². The Bertz CT molecular complexity index is 481. The molecule has 0 N–H and O–H groups in total. The van der Waals surface area contributed by atoms with Gasteiger partial charge in [-0.15, -0.1) is 0 Å². The van der Waals surface area contributed by atoms with Crippen molar-refractivity contribution in [1.82, 2.24) is 4.90 Å². The van der Waals surface area contributed by atoms with Crippen LogP contribution in [0.1, 0.15) is 19.4 Å². The fourth-order valence-electron chi connectivity index (χ4n) is 1.11. The highest BCUT2D eigenvalue weighted by Crippen LogP contribution is 2.29. The zero-order valence-corrected chi connectivity index (χ0v) is 12.5. The summed E-state index contributed by atoms with van der Waals surface area (Å²) in [5.41, 5.74) is 0.0547. The summed E-state index contributed by atoms with van der Waals surface area (Å²) in [7, 11) is 3.88. The van der Waals surface area contributed by atoms with Crippen LogP contribution in [0.5, 0.6) is 5.75 Å². The molecule has 0 spiro atoms. The predicted molar refractivity (Wildman–Crippen MR) is 72.1 cm³/mol. The summed E-state index contributed by atoms with van der Waals surface area (Å²) in [6.45, 7) is 4.36. The first-order valence-corrected chi connectivity index (χ1v) is 6.27. The second-order valence-corrected chi connectivity index (χ2v) is 5.64. The Labute approximate surface area is 115 Å². The molecule has 0 saturated heterocycles. The minimum Gasteiger partial charge on any atom is -0.489 e. The smallest absolute Gasteiger partial charge is 0.180 e. The van der Waals surface area contributed by atoms with E-state index in [4.69, 9.17) is 10.00 Å². The van der Waals surface area contributed by atoms with E-state index in [1.807, 2.05) is 38.9 Å². The normalized spacial score (nSPS) is 11.4. The van der Waals surface area contributed by atoms with Crippen LogP contribution in [0.4, 0.5) is 4.39 Å². The molecule has 0 fully saturated rings. The van der Waals surface area contributed by atoms with E-state index in [0.29, 0.717) is 6.61 Å². The van der Waals surface area contributed by atoms with Gasteiger partial charge in [-0.05, 0) is 56.0 Å². The number of likely N-dealkylation sites (N-methyl/N-ethyl adjacent to an activating group) is 1. The van der Waals surface area contributed by atoms with Gasteiger partial charge in [0.25, 0.3) is 0 Å². The molecule has 0 atom stereocenters. The second kappa shape index (κ2) is 5.68. The lowest BCUT2D eigenvalue weighted by atomic mass is 10.1. The van der Waals surface area contributed by atoms with Gasteiger partial charge in [0, 0.05) is 5.54 Å². The van der Waals surface area contributed by atoms with Gasteiger partial charge in [-0.25, -0.2) is 4.39 Å². The molecular weight excluding hydrogens is 299 g/mol. The third-order valence-corrected chi connectivity index (χ3v) is 3.73. The maximum absolute atomic E-state index is 13.9. The SMILES string of the molecule is CN(C)C(C)(C)COc1ccc(C#N)c(Br)c1F. The molecule has 0 aromatic heterocycles. The summed E-state index contributed by atoms with van der Waals surface area (Å²) in [6.07, 6.45) is 0. The van der Waals surface area contributed by atoms with Crippen molar-refractivity contribution in [3.05, 3.63) is 28.0 Å². The van der Waals surface area contributed by atoms with Gasteiger partial charge in [0.05, 0.1) is 10.0 Å².